The quantitative estimate of drug-likeness (QED) is 0.447. The van der Waals surface area contributed by atoms with Crippen LogP contribution >= 0.6 is 0 Å². The molecule has 0 atom stereocenters. The third kappa shape index (κ3) is 5.43. The number of carbonyl (C=O) groups excluding carboxylic acids is 1. The van der Waals surface area contributed by atoms with E-state index in [0.29, 0.717) is 11.8 Å². The van der Waals surface area contributed by atoms with Crippen LogP contribution in [0.5, 0.6) is 0 Å². The number of hydrogen-bond donors (Lipinski definition) is 0. The summed E-state index contributed by atoms with van der Waals surface area (Å²) < 4.78 is 66.3. The Labute approximate surface area is 201 Å². The van der Waals surface area contributed by atoms with Crippen molar-refractivity contribution in [3.05, 3.63) is 71.8 Å². The van der Waals surface area contributed by atoms with Crippen LogP contribution in [0, 0.1) is 0 Å². The number of benzene rings is 3. The van der Waals surface area contributed by atoms with E-state index in [1.807, 2.05) is 0 Å². The fraction of sp³-hybridized carbons (Fsp3) is 0.320. The number of anilines is 1. The molecule has 1 aliphatic heterocycles. The molecule has 0 saturated heterocycles. The van der Waals surface area contributed by atoms with E-state index in [4.69, 9.17) is 0 Å². The van der Waals surface area contributed by atoms with Crippen molar-refractivity contribution < 1.29 is 31.2 Å². The van der Waals surface area contributed by atoms with Crippen molar-refractivity contribution in [3.63, 3.8) is 0 Å². The van der Waals surface area contributed by atoms with E-state index in [0.717, 1.165) is 49.0 Å². The van der Waals surface area contributed by atoms with Gasteiger partial charge in [0.05, 0.1) is 10.6 Å². The Morgan fingerprint density at radius 3 is 2.34 bits per heavy atom. The highest BCUT2D eigenvalue weighted by molar-refractivity contribution is 7.92. The molecular weight excluding hydrogens is 481 g/mol. The van der Waals surface area contributed by atoms with Gasteiger partial charge in [-0.05, 0) is 72.0 Å². The predicted molar refractivity (Wildman–Crippen MR) is 126 cm³/mol. The first-order valence-electron chi connectivity index (χ1n) is 11.3. The Morgan fingerprint density at radius 1 is 0.971 bits per heavy atom. The van der Waals surface area contributed by atoms with Crippen molar-refractivity contribution in [1.82, 2.24) is 4.90 Å². The average molecular weight is 507 g/mol. The van der Waals surface area contributed by atoms with E-state index >= 15 is 0 Å². The number of sulfonamides is 1. The summed E-state index contributed by atoms with van der Waals surface area (Å²) in [6.45, 7) is 4.58. The number of nitrogens with zero attached hydrogens (tertiary/aromatic N) is 2. The molecule has 186 valence electrons. The molecule has 0 unspecified atom stereocenters. The van der Waals surface area contributed by atoms with Gasteiger partial charge < -0.3 is 9.74 Å². The van der Waals surface area contributed by atoms with E-state index in [1.165, 1.54) is 24.3 Å². The van der Waals surface area contributed by atoms with Gasteiger partial charge in [-0.2, -0.15) is 21.6 Å². The number of carbonyl (C=O) groups is 1. The number of fused-ring (bicyclic) bond motifs is 2. The lowest BCUT2D eigenvalue weighted by atomic mass is 10.0. The SMILES string of the molecule is CCCN1CCc2ccc(N(OC(=O)C(F)(F)F)S(=O)(=O)c3ccc4ccccc4c3)cc2CC1. The molecule has 0 saturated carbocycles. The number of rotatable bonds is 6. The summed E-state index contributed by atoms with van der Waals surface area (Å²) in [6, 6.07) is 15.7. The fourth-order valence-electron chi connectivity index (χ4n) is 4.20. The van der Waals surface area contributed by atoms with Gasteiger partial charge in [0.15, 0.2) is 0 Å². The van der Waals surface area contributed by atoms with Gasteiger partial charge >= 0.3 is 12.1 Å². The van der Waals surface area contributed by atoms with Crippen LogP contribution in [0.15, 0.2) is 65.6 Å². The van der Waals surface area contributed by atoms with Crippen LogP contribution in [-0.2, 0) is 32.5 Å². The minimum atomic E-state index is -5.37. The van der Waals surface area contributed by atoms with Crippen LogP contribution in [0.2, 0.25) is 0 Å². The third-order valence-corrected chi connectivity index (χ3v) is 7.54. The maximum Gasteiger partial charge on any atom is 0.493 e. The molecule has 35 heavy (non-hydrogen) atoms. The zero-order chi connectivity index (χ0) is 25.2. The first-order valence-corrected chi connectivity index (χ1v) is 12.7. The van der Waals surface area contributed by atoms with Crippen molar-refractivity contribution >= 4 is 32.5 Å². The molecule has 0 radical (unpaired) electrons. The van der Waals surface area contributed by atoms with Crippen molar-refractivity contribution in [3.8, 4) is 0 Å². The van der Waals surface area contributed by atoms with Gasteiger partial charge in [-0.1, -0.05) is 47.8 Å². The summed E-state index contributed by atoms with van der Waals surface area (Å²) in [7, 11) is -4.68. The standard InChI is InChI=1S/C25H25F3N2O4S/c1-2-13-29-14-11-19-7-9-22(16-21(19)12-15-29)30(34-24(31)25(26,27)28)35(32,33)23-10-8-18-5-3-4-6-20(18)17-23/h3-10,16-17H,2,11-15H2,1H3. The molecule has 10 heteroatoms. The molecule has 3 aromatic carbocycles. The van der Waals surface area contributed by atoms with Gasteiger partial charge in [0, 0.05) is 13.1 Å². The number of hydrogen-bond acceptors (Lipinski definition) is 5. The molecular formula is C25H25F3N2O4S. The molecule has 0 bridgehead atoms. The highest BCUT2D eigenvalue weighted by Crippen LogP contribution is 2.31. The van der Waals surface area contributed by atoms with Gasteiger partial charge in [-0.3, -0.25) is 0 Å². The van der Waals surface area contributed by atoms with E-state index < -0.39 is 22.2 Å². The molecule has 0 N–H and O–H groups in total. The third-order valence-electron chi connectivity index (χ3n) is 5.97. The predicted octanol–water partition coefficient (Wildman–Crippen LogP) is 4.87. The molecule has 1 aliphatic rings. The lowest BCUT2D eigenvalue weighted by molar-refractivity contribution is -0.199. The molecule has 0 aromatic heterocycles. The van der Waals surface area contributed by atoms with Crippen LogP contribution in [0.3, 0.4) is 0 Å². The summed E-state index contributed by atoms with van der Waals surface area (Å²) >= 11 is 0. The summed E-state index contributed by atoms with van der Waals surface area (Å²) in [5.74, 6) is -2.62. The van der Waals surface area contributed by atoms with Gasteiger partial charge in [-0.15, -0.1) is 0 Å². The zero-order valence-electron chi connectivity index (χ0n) is 19.1. The first kappa shape index (κ1) is 25.0. The average Bonchev–Trinajstić information content (AvgIpc) is 3.03. The summed E-state index contributed by atoms with van der Waals surface area (Å²) in [5, 5.41) is 1.33. The normalized spacial score (nSPS) is 14.9. The van der Waals surface area contributed by atoms with Gasteiger partial charge in [-0.25, -0.2) is 4.79 Å². The maximum atomic E-state index is 13.5. The molecule has 0 aliphatic carbocycles. The van der Waals surface area contributed by atoms with E-state index in [2.05, 4.69) is 16.7 Å². The Morgan fingerprint density at radius 2 is 1.66 bits per heavy atom. The van der Waals surface area contributed by atoms with Crippen molar-refractivity contribution in [2.45, 2.75) is 37.3 Å². The van der Waals surface area contributed by atoms with Crippen molar-refractivity contribution in [2.75, 3.05) is 24.1 Å². The van der Waals surface area contributed by atoms with Crippen molar-refractivity contribution in [2.24, 2.45) is 0 Å². The monoisotopic (exact) mass is 506 g/mol. The summed E-state index contributed by atoms with van der Waals surface area (Å²) in [5.41, 5.74) is 1.62. The lowest BCUT2D eigenvalue weighted by Gasteiger charge is -2.24. The molecule has 0 amide bonds. The topological polar surface area (TPSA) is 66.9 Å². The number of alkyl halides is 3. The van der Waals surface area contributed by atoms with Gasteiger partial charge in [0.1, 0.15) is 0 Å². The second-order valence-electron chi connectivity index (χ2n) is 8.41. The Hall–Kier alpha value is -3.11. The summed E-state index contributed by atoms with van der Waals surface area (Å²) in [6.07, 6.45) is -3.05. The highest BCUT2D eigenvalue weighted by atomic mass is 32.2. The van der Waals surface area contributed by atoms with E-state index in [9.17, 15) is 26.4 Å². The highest BCUT2D eigenvalue weighted by Gasteiger charge is 2.45. The fourth-order valence-corrected chi connectivity index (χ4v) is 5.47. The first-order chi connectivity index (χ1) is 16.6. The Balaban J connectivity index is 1.75. The Kier molecular flexibility index (Phi) is 7.05. The lowest BCUT2D eigenvalue weighted by Crippen LogP contribution is -2.38. The molecule has 0 spiro atoms. The molecule has 4 rings (SSSR count). The molecule has 0 fully saturated rings. The smallest absolute Gasteiger partial charge is 0.317 e. The second-order valence-corrected chi connectivity index (χ2v) is 10.2. The van der Waals surface area contributed by atoms with Crippen molar-refractivity contribution in [1.29, 1.82) is 0 Å². The summed E-state index contributed by atoms with van der Waals surface area (Å²) in [4.78, 5) is 18.2. The minimum Gasteiger partial charge on any atom is -0.317 e. The number of halogens is 3. The van der Waals surface area contributed by atoms with Crippen LogP contribution in [0.1, 0.15) is 24.5 Å². The maximum absolute atomic E-state index is 13.5. The minimum absolute atomic E-state index is 0.0852. The Bertz CT molecular complexity index is 1340. The van der Waals surface area contributed by atoms with Crippen LogP contribution in [0.25, 0.3) is 10.8 Å². The van der Waals surface area contributed by atoms with Gasteiger partial charge in [0.2, 0.25) is 0 Å². The molecule has 6 nitrogen and oxygen atoms in total. The van der Waals surface area contributed by atoms with E-state index in [-0.39, 0.29) is 15.1 Å². The molecule has 3 aromatic rings. The van der Waals surface area contributed by atoms with E-state index in [1.54, 1.807) is 36.4 Å². The second kappa shape index (κ2) is 9.87. The van der Waals surface area contributed by atoms with Crippen LogP contribution in [-0.4, -0.2) is 45.1 Å². The largest absolute Gasteiger partial charge is 0.493 e. The van der Waals surface area contributed by atoms with Crippen LogP contribution < -0.4 is 4.47 Å². The molecule has 1 heterocycles. The van der Waals surface area contributed by atoms with Crippen LogP contribution in [0.4, 0.5) is 18.9 Å². The zero-order valence-corrected chi connectivity index (χ0v) is 19.9. The van der Waals surface area contributed by atoms with Gasteiger partial charge in [0.25, 0.3) is 10.0 Å².